The molecule has 0 saturated carbocycles. The highest BCUT2D eigenvalue weighted by Gasteiger charge is 2.17. The smallest absolute Gasteiger partial charge is 0.339 e. The van der Waals surface area contributed by atoms with E-state index >= 15 is 0 Å². The Bertz CT molecular complexity index is 959. The number of methoxy groups -OCH3 is 2. The molecule has 128 valence electrons. The second-order valence-corrected chi connectivity index (χ2v) is 5.64. The summed E-state index contributed by atoms with van der Waals surface area (Å²) >= 11 is 6.06. The zero-order chi connectivity index (χ0) is 18.0. The van der Waals surface area contributed by atoms with E-state index in [2.05, 4.69) is 10.3 Å². The Morgan fingerprint density at radius 3 is 2.64 bits per heavy atom. The van der Waals surface area contributed by atoms with Gasteiger partial charge in [0.15, 0.2) is 0 Å². The van der Waals surface area contributed by atoms with Crippen molar-refractivity contribution in [3.63, 3.8) is 0 Å². The average Bonchev–Trinajstić information content (AvgIpc) is 2.61. The van der Waals surface area contributed by atoms with Crippen LogP contribution in [0.4, 0.5) is 11.4 Å². The molecule has 2 aromatic carbocycles. The van der Waals surface area contributed by atoms with Gasteiger partial charge in [-0.3, -0.25) is 4.98 Å². The number of carboxylic acids is 1. The number of halogens is 1. The summed E-state index contributed by atoms with van der Waals surface area (Å²) in [5.74, 6) is 0.0345. The molecular formula is C18H15ClN2O4. The number of nitrogens with zero attached hydrogens (tertiary/aromatic N) is 1. The monoisotopic (exact) mass is 358 g/mol. The zero-order valence-corrected chi connectivity index (χ0v) is 14.3. The van der Waals surface area contributed by atoms with Gasteiger partial charge in [-0.2, -0.15) is 0 Å². The van der Waals surface area contributed by atoms with Crippen molar-refractivity contribution in [3.05, 3.63) is 53.2 Å². The molecule has 2 N–H and O–H groups in total. The van der Waals surface area contributed by atoms with Crippen LogP contribution in [0.15, 0.2) is 42.6 Å². The Labute approximate surface area is 149 Å². The van der Waals surface area contributed by atoms with Crippen LogP contribution >= 0.6 is 11.6 Å². The van der Waals surface area contributed by atoms with E-state index in [0.717, 1.165) is 0 Å². The molecule has 3 aromatic rings. The minimum Gasteiger partial charge on any atom is -0.497 e. The molecule has 0 bridgehead atoms. The number of fused-ring (bicyclic) bond motifs is 1. The number of ether oxygens (including phenoxy) is 2. The lowest BCUT2D eigenvalue weighted by Gasteiger charge is -2.16. The molecule has 7 heteroatoms. The molecule has 0 fully saturated rings. The number of anilines is 2. The number of aromatic nitrogens is 1. The second kappa shape index (κ2) is 6.86. The largest absolute Gasteiger partial charge is 0.497 e. The molecule has 0 aliphatic rings. The number of nitrogens with one attached hydrogen (secondary N) is 1. The van der Waals surface area contributed by atoms with E-state index in [1.165, 1.54) is 13.3 Å². The Kier molecular flexibility index (Phi) is 4.63. The third kappa shape index (κ3) is 3.29. The lowest BCUT2D eigenvalue weighted by molar-refractivity contribution is 0.0697. The number of rotatable bonds is 5. The van der Waals surface area contributed by atoms with Crippen LogP contribution in [0.2, 0.25) is 5.02 Å². The fourth-order valence-electron chi connectivity index (χ4n) is 2.51. The summed E-state index contributed by atoms with van der Waals surface area (Å²) < 4.78 is 10.6. The summed E-state index contributed by atoms with van der Waals surface area (Å²) in [5, 5.41) is 13.8. The van der Waals surface area contributed by atoms with Crippen LogP contribution in [-0.4, -0.2) is 30.3 Å². The van der Waals surface area contributed by atoms with Crippen LogP contribution in [0.1, 0.15) is 10.4 Å². The van der Waals surface area contributed by atoms with Crippen molar-refractivity contribution in [2.24, 2.45) is 0 Å². The van der Waals surface area contributed by atoms with Crippen molar-refractivity contribution < 1.29 is 19.4 Å². The molecule has 0 amide bonds. The lowest BCUT2D eigenvalue weighted by atomic mass is 10.1. The van der Waals surface area contributed by atoms with Crippen molar-refractivity contribution >= 4 is 39.8 Å². The first-order chi connectivity index (χ1) is 12.0. The molecule has 0 aliphatic heterocycles. The van der Waals surface area contributed by atoms with E-state index in [1.54, 1.807) is 43.5 Å². The van der Waals surface area contributed by atoms with Gasteiger partial charge in [0.2, 0.25) is 0 Å². The third-order valence-corrected chi connectivity index (χ3v) is 3.96. The van der Waals surface area contributed by atoms with Crippen molar-refractivity contribution in [2.45, 2.75) is 0 Å². The summed E-state index contributed by atoms with van der Waals surface area (Å²) in [6.07, 6.45) is 1.32. The van der Waals surface area contributed by atoms with Gasteiger partial charge in [0, 0.05) is 16.6 Å². The van der Waals surface area contributed by atoms with Gasteiger partial charge in [-0.1, -0.05) is 11.6 Å². The molecule has 0 aliphatic carbocycles. The molecular weight excluding hydrogens is 344 g/mol. The predicted molar refractivity (Wildman–Crippen MR) is 96.5 cm³/mol. The third-order valence-electron chi connectivity index (χ3n) is 3.73. The molecule has 1 aromatic heterocycles. The van der Waals surface area contributed by atoms with Gasteiger partial charge in [-0.15, -0.1) is 0 Å². The fourth-order valence-corrected chi connectivity index (χ4v) is 2.68. The number of hydrogen-bond acceptors (Lipinski definition) is 5. The second-order valence-electron chi connectivity index (χ2n) is 5.20. The van der Waals surface area contributed by atoms with Gasteiger partial charge in [-0.25, -0.2) is 4.79 Å². The molecule has 0 saturated heterocycles. The van der Waals surface area contributed by atoms with Gasteiger partial charge >= 0.3 is 5.97 Å². The first-order valence-electron chi connectivity index (χ1n) is 7.34. The van der Waals surface area contributed by atoms with Crippen molar-refractivity contribution in [1.82, 2.24) is 4.98 Å². The summed E-state index contributed by atoms with van der Waals surface area (Å²) in [6, 6.07) is 10.3. The Hall–Kier alpha value is -2.99. The summed E-state index contributed by atoms with van der Waals surface area (Å²) in [6.45, 7) is 0. The van der Waals surface area contributed by atoms with Gasteiger partial charge in [0.25, 0.3) is 0 Å². The van der Waals surface area contributed by atoms with Crippen LogP contribution in [-0.2, 0) is 0 Å². The van der Waals surface area contributed by atoms with Crippen LogP contribution in [0.25, 0.3) is 10.9 Å². The Morgan fingerprint density at radius 2 is 1.96 bits per heavy atom. The molecule has 3 rings (SSSR count). The Balaban J connectivity index is 2.24. The summed E-state index contributed by atoms with van der Waals surface area (Å²) in [7, 11) is 3.07. The van der Waals surface area contributed by atoms with Crippen molar-refractivity contribution in [2.75, 3.05) is 19.5 Å². The molecule has 25 heavy (non-hydrogen) atoms. The van der Waals surface area contributed by atoms with Crippen molar-refractivity contribution in [3.8, 4) is 11.5 Å². The van der Waals surface area contributed by atoms with Gasteiger partial charge in [0.05, 0.1) is 31.1 Å². The molecule has 0 unspecified atom stereocenters. The number of aromatic carboxylic acids is 1. The van der Waals surface area contributed by atoms with Gasteiger partial charge in [0.1, 0.15) is 17.1 Å². The Morgan fingerprint density at radius 1 is 1.16 bits per heavy atom. The van der Waals surface area contributed by atoms with Crippen LogP contribution in [0, 0.1) is 0 Å². The number of benzene rings is 2. The van der Waals surface area contributed by atoms with Crippen LogP contribution in [0.5, 0.6) is 11.5 Å². The van der Waals surface area contributed by atoms with Gasteiger partial charge < -0.3 is 19.9 Å². The minimum atomic E-state index is -1.10. The standard InChI is InChI=1S/C18H15ClN2O4/c1-24-11-4-5-14-12(8-11)17(13(9-20-14)18(22)23)21-15-7-10(19)3-6-16(15)25-2/h3-9H,1-2H3,(H,20,21)(H,22,23). The van der Waals surface area contributed by atoms with E-state index < -0.39 is 5.97 Å². The highest BCUT2D eigenvalue weighted by molar-refractivity contribution is 6.31. The SMILES string of the molecule is COc1ccc2ncc(C(=O)O)c(Nc3cc(Cl)ccc3OC)c2c1. The molecule has 0 radical (unpaired) electrons. The normalized spacial score (nSPS) is 10.5. The number of hydrogen-bond donors (Lipinski definition) is 2. The van der Waals surface area contributed by atoms with Crippen LogP contribution in [0.3, 0.4) is 0 Å². The minimum absolute atomic E-state index is 0.0304. The fraction of sp³-hybridized carbons (Fsp3) is 0.111. The van der Waals surface area contributed by atoms with Crippen LogP contribution < -0.4 is 14.8 Å². The molecule has 6 nitrogen and oxygen atoms in total. The van der Waals surface area contributed by atoms with E-state index in [1.807, 2.05) is 0 Å². The summed E-state index contributed by atoms with van der Waals surface area (Å²) in [5.41, 5.74) is 1.60. The first kappa shape index (κ1) is 16.9. The molecule has 0 spiro atoms. The number of pyridine rings is 1. The maximum atomic E-state index is 11.7. The van der Waals surface area contributed by atoms with E-state index in [9.17, 15) is 9.90 Å². The topological polar surface area (TPSA) is 80.7 Å². The predicted octanol–water partition coefficient (Wildman–Crippen LogP) is 4.35. The molecule has 0 atom stereocenters. The number of carbonyl (C=O) groups is 1. The zero-order valence-electron chi connectivity index (χ0n) is 13.5. The maximum absolute atomic E-state index is 11.7. The average molecular weight is 359 g/mol. The highest BCUT2D eigenvalue weighted by atomic mass is 35.5. The summed E-state index contributed by atoms with van der Waals surface area (Å²) in [4.78, 5) is 15.9. The molecule has 1 heterocycles. The highest BCUT2D eigenvalue weighted by Crippen LogP contribution is 2.36. The van der Waals surface area contributed by atoms with Crippen molar-refractivity contribution in [1.29, 1.82) is 0 Å². The van der Waals surface area contributed by atoms with E-state index in [-0.39, 0.29) is 5.56 Å². The number of carboxylic acid groups (broad SMARTS) is 1. The van der Waals surface area contributed by atoms with Gasteiger partial charge in [-0.05, 0) is 36.4 Å². The van der Waals surface area contributed by atoms with E-state index in [4.69, 9.17) is 21.1 Å². The lowest BCUT2D eigenvalue weighted by Crippen LogP contribution is -2.05. The quantitative estimate of drug-likeness (QED) is 0.705. The van der Waals surface area contributed by atoms with E-state index in [0.29, 0.717) is 38.8 Å². The maximum Gasteiger partial charge on any atom is 0.339 e. The first-order valence-corrected chi connectivity index (χ1v) is 7.72.